The summed E-state index contributed by atoms with van der Waals surface area (Å²) < 4.78 is 49.8. The fourth-order valence-electron chi connectivity index (χ4n) is 5.90. The zero-order chi connectivity index (χ0) is 35.0. The number of nitrogens with zero attached hydrogens (tertiary/aromatic N) is 5. The molecule has 264 valence electrons. The van der Waals surface area contributed by atoms with Gasteiger partial charge in [-0.1, -0.05) is 40.5 Å². The van der Waals surface area contributed by atoms with Crippen molar-refractivity contribution in [3.05, 3.63) is 48.3 Å². The van der Waals surface area contributed by atoms with Gasteiger partial charge in [0.1, 0.15) is 11.6 Å². The number of nitrogens with one attached hydrogen (secondary N) is 2. The van der Waals surface area contributed by atoms with Crippen LogP contribution in [0.3, 0.4) is 0 Å². The van der Waals surface area contributed by atoms with Crippen molar-refractivity contribution in [2.45, 2.75) is 110 Å². The van der Waals surface area contributed by atoms with Crippen molar-refractivity contribution in [1.82, 2.24) is 24.5 Å². The van der Waals surface area contributed by atoms with Gasteiger partial charge in [0.25, 0.3) is 5.91 Å². The van der Waals surface area contributed by atoms with Crippen molar-refractivity contribution in [2.24, 2.45) is 11.3 Å². The van der Waals surface area contributed by atoms with Crippen molar-refractivity contribution in [3.8, 4) is 11.7 Å². The third-order valence-electron chi connectivity index (χ3n) is 9.00. The molecule has 48 heavy (non-hydrogen) atoms. The number of rotatable bonds is 6. The first-order chi connectivity index (χ1) is 22.9. The highest BCUT2D eigenvalue weighted by atomic mass is 32.2. The topological polar surface area (TPSA) is 97.2 Å². The number of alkyl halides is 3. The normalized spacial score (nSPS) is 19.5. The summed E-state index contributed by atoms with van der Waals surface area (Å²) in [4.78, 5) is 25.9. The molecule has 0 radical (unpaired) electrons. The van der Waals surface area contributed by atoms with Crippen molar-refractivity contribution in [3.63, 3.8) is 0 Å². The molecule has 0 aromatic carbocycles. The number of hydrogen-bond donors (Lipinski definition) is 2. The van der Waals surface area contributed by atoms with E-state index in [0.29, 0.717) is 23.1 Å². The lowest BCUT2D eigenvalue weighted by Crippen LogP contribution is -2.40. The molecule has 2 fully saturated rings. The maximum absolute atomic E-state index is 13.5. The molecule has 1 amide bonds. The Kier molecular flexibility index (Phi) is 12.7. The van der Waals surface area contributed by atoms with Crippen LogP contribution in [0.15, 0.2) is 47.6 Å². The van der Waals surface area contributed by atoms with Crippen LogP contribution in [-0.4, -0.2) is 57.1 Å². The molecule has 9 nitrogen and oxygen atoms in total. The first-order valence-corrected chi connectivity index (χ1v) is 18.0. The van der Waals surface area contributed by atoms with Gasteiger partial charge in [0.05, 0.1) is 17.6 Å². The summed E-state index contributed by atoms with van der Waals surface area (Å²) in [5.41, 5.74) is -1.40. The van der Waals surface area contributed by atoms with Gasteiger partial charge < -0.3 is 15.0 Å². The number of fused-ring (bicyclic) bond motifs is 7. The van der Waals surface area contributed by atoms with E-state index in [4.69, 9.17) is 9.72 Å². The third-order valence-corrected chi connectivity index (χ3v) is 9.76. The summed E-state index contributed by atoms with van der Waals surface area (Å²) >= 11 is 1.19. The molecule has 7 rings (SSSR count). The second kappa shape index (κ2) is 16.3. The first-order valence-electron chi connectivity index (χ1n) is 17.2. The molecule has 1 unspecified atom stereocenters. The molecule has 0 spiro atoms. The molecule has 4 aliphatic rings. The number of amides is 1. The van der Waals surface area contributed by atoms with Crippen molar-refractivity contribution in [2.75, 3.05) is 29.9 Å². The van der Waals surface area contributed by atoms with Crippen LogP contribution in [0, 0.1) is 11.3 Å². The average Bonchev–Trinajstić information content (AvgIpc) is 3.63. The van der Waals surface area contributed by atoms with Crippen LogP contribution in [0.1, 0.15) is 103 Å². The lowest BCUT2D eigenvalue weighted by Gasteiger charge is -2.34. The monoisotopic (exact) mass is 689 g/mol. The van der Waals surface area contributed by atoms with E-state index in [9.17, 15) is 18.0 Å². The maximum atomic E-state index is 13.5. The van der Waals surface area contributed by atoms with E-state index in [2.05, 4.69) is 52.7 Å². The second-order valence-electron chi connectivity index (χ2n) is 13.0. The Bertz CT molecular complexity index is 1470. The first kappa shape index (κ1) is 37.3. The minimum Gasteiger partial charge on any atom is -0.477 e. The van der Waals surface area contributed by atoms with E-state index in [1.807, 2.05) is 26.0 Å². The number of halogens is 3. The van der Waals surface area contributed by atoms with E-state index in [-0.39, 0.29) is 43.2 Å². The molecule has 1 saturated carbocycles. The predicted molar refractivity (Wildman–Crippen MR) is 186 cm³/mol. The highest BCUT2D eigenvalue weighted by Gasteiger charge is 2.62. The van der Waals surface area contributed by atoms with E-state index in [1.165, 1.54) is 29.5 Å². The van der Waals surface area contributed by atoms with Gasteiger partial charge in [0, 0.05) is 42.0 Å². The number of hydrogen-bond acceptors (Lipinski definition) is 8. The van der Waals surface area contributed by atoms with Crippen LogP contribution in [0.25, 0.3) is 5.82 Å². The minimum absolute atomic E-state index is 0.0664. The van der Waals surface area contributed by atoms with E-state index in [1.54, 1.807) is 30.6 Å². The Hall–Kier alpha value is -3.48. The van der Waals surface area contributed by atoms with Crippen LogP contribution in [-0.2, 0) is 0 Å². The highest BCUT2D eigenvalue weighted by Crippen LogP contribution is 2.59. The Morgan fingerprint density at radius 2 is 1.83 bits per heavy atom. The van der Waals surface area contributed by atoms with E-state index >= 15 is 0 Å². The number of aromatic nitrogens is 4. The van der Waals surface area contributed by atoms with Crippen LogP contribution in [0.2, 0.25) is 0 Å². The van der Waals surface area contributed by atoms with E-state index < -0.39 is 11.6 Å². The average molecular weight is 690 g/mol. The quantitative estimate of drug-likeness (QED) is 0.248. The molecular formula is C35H50F3N7O2S. The third kappa shape index (κ3) is 9.15. The number of carbonyl (C=O) groups excluding carboxylic acids is 1. The molecule has 13 heteroatoms. The van der Waals surface area contributed by atoms with Crippen molar-refractivity contribution in [1.29, 1.82) is 0 Å². The Labute approximate surface area is 287 Å². The van der Waals surface area contributed by atoms with Crippen molar-refractivity contribution >= 4 is 29.5 Å². The largest absolute Gasteiger partial charge is 0.477 e. The van der Waals surface area contributed by atoms with Crippen LogP contribution in [0.5, 0.6) is 5.88 Å². The Balaban J connectivity index is 0.000000808. The SMILES string of the molecule is CC.CC1(C)CC2CCCNc3ccc(cn3)SNC(=O)c3ccc(-n4ccc(OCCC5(C(F)(F)F)CC5)n4)nc3N1C2.CCCC. The van der Waals surface area contributed by atoms with Gasteiger partial charge >= 0.3 is 6.18 Å². The number of carbonyl (C=O) groups is 1. The second-order valence-corrected chi connectivity index (χ2v) is 13.9. The zero-order valence-corrected chi connectivity index (χ0v) is 29.8. The summed E-state index contributed by atoms with van der Waals surface area (Å²) in [7, 11) is 0. The standard InChI is InChI=1S/C29H34F3N7O2S.C4H10.C2H6/c1-27(2)16-19-4-3-13-33-22-7-5-20(17-34-22)42-37-26(40)21-6-8-23(35-25(21)38(27)18-19)39-14-9-24(36-39)41-15-12-28(10-11-28)29(30,31)32;1-3-4-2;1-2/h5-9,14,17,19H,3-4,10-13,15-16,18H2,1-2H3,(H,33,34)(H,37,40);3-4H2,1-2H3;1-2H3. The zero-order valence-electron chi connectivity index (χ0n) is 29.0. The minimum atomic E-state index is -4.21. The van der Waals surface area contributed by atoms with E-state index in [0.717, 1.165) is 43.1 Å². The molecule has 1 aliphatic carbocycles. The number of pyridine rings is 2. The molecule has 1 saturated heterocycles. The maximum Gasteiger partial charge on any atom is 0.394 e. The van der Waals surface area contributed by atoms with Crippen LogP contribution < -0.4 is 19.7 Å². The Morgan fingerprint density at radius 3 is 2.48 bits per heavy atom. The smallest absolute Gasteiger partial charge is 0.394 e. The van der Waals surface area contributed by atoms with Gasteiger partial charge in [0.2, 0.25) is 5.88 Å². The fraction of sp³-hybridized carbons (Fsp3) is 0.600. The molecule has 2 N–H and O–H groups in total. The molecule has 3 aliphatic heterocycles. The molecule has 3 aromatic heterocycles. The van der Waals surface area contributed by atoms with Gasteiger partial charge in [-0.25, -0.2) is 14.6 Å². The lowest BCUT2D eigenvalue weighted by molar-refractivity contribution is -0.190. The predicted octanol–water partition coefficient (Wildman–Crippen LogP) is 8.85. The molecule has 3 aromatic rings. The van der Waals surface area contributed by atoms with Gasteiger partial charge in [-0.3, -0.25) is 9.52 Å². The molecule has 6 heterocycles. The van der Waals surface area contributed by atoms with Gasteiger partial charge in [-0.05, 0) is 94.5 Å². The molecule has 1 atom stereocenters. The van der Waals surface area contributed by atoms with Crippen LogP contribution in [0.4, 0.5) is 24.8 Å². The number of ether oxygens (including phenoxy) is 1. The van der Waals surface area contributed by atoms with Gasteiger partial charge in [-0.2, -0.15) is 13.2 Å². The Morgan fingerprint density at radius 1 is 1.08 bits per heavy atom. The summed E-state index contributed by atoms with van der Waals surface area (Å²) in [5.74, 6) is 2.24. The van der Waals surface area contributed by atoms with Gasteiger partial charge in [-0.15, -0.1) is 5.10 Å². The van der Waals surface area contributed by atoms with Crippen molar-refractivity contribution < 1.29 is 22.7 Å². The fourth-order valence-corrected chi connectivity index (χ4v) is 6.47. The molecular weight excluding hydrogens is 639 g/mol. The number of anilines is 2. The molecule has 4 bridgehead atoms. The summed E-state index contributed by atoms with van der Waals surface area (Å²) in [6, 6.07) is 8.89. The van der Waals surface area contributed by atoms with Gasteiger partial charge in [0.15, 0.2) is 5.82 Å². The summed E-state index contributed by atoms with van der Waals surface area (Å²) in [5, 5.41) is 7.79. The summed E-state index contributed by atoms with van der Waals surface area (Å²) in [6.45, 7) is 14.2. The number of unbranched alkanes of at least 4 members (excludes halogenated alkanes) is 1. The highest BCUT2D eigenvalue weighted by molar-refractivity contribution is 7.98. The van der Waals surface area contributed by atoms with Crippen LogP contribution >= 0.6 is 11.9 Å². The lowest BCUT2D eigenvalue weighted by atomic mass is 9.93. The summed E-state index contributed by atoms with van der Waals surface area (Å²) in [6.07, 6.45) is 5.00.